The van der Waals surface area contributed by atoms with E-state index in [1.54, 1.807) is 32.0 Å². The first-order valence-electron chi connectivity index (χ1n) is 7.78. The summed E-state index contributed by atoms with van der Waals surface area (Å²) in [6.07, 6.45) is 1.77. The molecule has 6 nitrogen and oxygen atoms in total. The highest BCUT2D eigenvalue weighted by Crippen LogP contribution is 2.31. The first-order chi connectivity index (χ1) is 11.2. The number of sulfone groups is 1. The van der Waals surface area contributed by atoms with Gasteiger partial charge in [-0.15, -0.1) is 6.58 Å². The Kier molecular flexibility index (Phi) is 5.72. The van der Waals surface area contributed by atoms with E-state index in [0.29, 0.717) is 13.0 Å². The topological polar surface area (TPSA) is 80.8 Å². The molecule has 0 bridgehead atoms. The molecule has 1 aromatic rings. The van der Waals surface area contributed by atoms with Gasteiger partial charge in [0, 0.05) is 12.6 Å². The summed E-state index contributed by atoms with van der Waals surface area (Å²) in [6.45, 7) is 7.58. The Bertz CT molecular complexity index is 815. The van der Waals surface area contributed by atoms with Gasteiger partial charge in [-0.1, -0.05) is 12.1 Å². The smallest absolute Gasteiger partial charge is 0.247 e. The molecule has 1 heterocycles. The lowest BCUT2D eigenvalue weighted by Crippen LogP contribution is -2.41. The fourth-order valence-electron chi connectivity index (χ4n) is 2.79. The summed E-state index contributed by atoms with van der Waals surface area (Å²) in [7, 11) is -7.10. The normalized spacial score (nSPS) is 20.2. The summed E-state index contributed by atoms with van der Waals surface area (Å²) in [5, 5.41) is 0. The monoisotopic (exact) mass is 373 g/mol. The second kappa shape index (κ2) is 7.25. The molecule has 0 aliphatic carbocycles. The van der Waals surface area contributed by atoms with Crippen molar-refractivity contribution in [3.8, 4) is 5.75 Å². The zero-order chi connectivity index (χ0) is 18.0. The number of sulfonamides is 1. The van der Waals surface area contributed by atoms with Gasteiger partial charge in [0.1, 0.15) is 10.6 Å². The summed E-state index contributed by atoms with van der Waals surface area (Å²) >= 11 is 0. The van der Waals surface area contributed by atoms with Gasteiger partial charge in [0.05, 0.1) is 18.1 Å². The maximum absolute atomic E-state index is 13.2. The van der Waals surface area contributed by atoms with Crippen molar-refractivity contribution in [2.75, 3.05) is 24.7 Å². The summed E-state index contributed by atoms with van der Waals surface area (Å²) < 4.78 is 56.6. The molecule has 0 spiro atoms. The standard InChI is InChI=1S/C16H23NO5S2/c1-4-9-17(14-8-10-23(18,19)12-14)24(20,21)16-11-13(3)6-7-15(16)22-5-2/h4,6-7,11,14H,1,5,8-10,12H2,2-3H3. The molecule has 1 unspecified atom stereocenters. The molecule has 8 heteroatoms. The number of hydrogen-bond acceptors (Lipinski definition) is 5. The molecule has 0 radical (unpaired) electrons. The number of hydrogen-bond donors (Lipinski definition) is 0. The van der Waals surface area contributed by atoms with Gasteiger partial charge >= 0.3 is 0 Å². The maximum atomic E-state index is 13.2. The lowest BCUT2D eigenvalue weighted by atomic mass is 10.2. The first-order valence-corrected chi connectivity index (χ1v) is 11.0. The average molecular weight is 373 g/mol. The maximum Gasteiger partial charge on any atom is 0.247 e. The van der Waals surface area contributed by atoms with E-state index in [1.165, 1.54) is 10.4 Å². The van der Waals surface area contributed by atoms with E-state index in [4.69, 9.17) is 4.74 Å². The minimum Gasteiger partial charge on any atom is -0.492 e. The van der Waals surface area contributed by atoms with E-state index in [2.05, 4.69) is 6.58 Å². The van der Waals surface area contributed by atoms with Gasteiger partial charge in [-0.05, 0) is 38.0 Å². The number of ether oxygens (including phenoxy) is 1. The Hall–Kier alpha value is -1.38. The predicted molar refractivity (Wildman–Crippen MR) is 93.5 cm³/mol. The van der Waals surface area contributed by atoms with Crippen LogP contribution in [0.4, 0.5) is 0 Å². The number of aryl methyl sites for hydroxylation is 1. The van der Waals surface area contributed by atoms with Gasteiger partial charge < -0.3 is 4.74 Å². The van der Waals surface area contributed by atoms with Crippen LogP contribution in [0.1, 0.15) is 18.9 Å². The van der Waals surface area contributed by atoms with Crippen LogP contribution in [0, 0.1) is 6.92 Å². The molecule has 1 fully saturated rings. The molecule has 1 saturated heterocycles. The third-order valence-corrected chi connectivity index (χ3v) is 7.60. The van der Waals surface area contributed by atoms with E-state index in [9.17, 15) is 16.8 Å². The average Bonchev–Trinajstić information content (AvgIpc) is 2.86. The van der Waals surface area contributed by atoms with Crippen molar-refractivity contribution in [3.63, 3.8) is 0 Å². The SMILES string of the molecule is C=CCN(C1CCS(=O)(=O)C1)S(=O)(=O)c1cc(C)ccc1OCC. The lowest BCUT2D eigenvalue weighted by molar-refractivity contribution is 0.325. The Morgan fingerprint density at radius 2 is 2.12 bits per heavy atom. The second-order valence-corrected chi connectivity index (χ2v) is 9.89. The van der Waals surface area contributed by atoms with Gasteiger partial charge in [0.15, 0.2) is 9.84 Å². The van der Waals surface area contributed by atoms with Crippen LogP contribution in [0.25, 0.3) is 0 Å². The van der Waals surface area contributed by atoms with Crippen molar-refractivity contribution in [1.29, 1.82) is 0 Å². The Balaban J connectivity index is 2.49. The highest BCUT2D eigenvalue weighted by atomic mass is 32.2. The van der Waals surface area contributed by atoms with Crippen LogP contribution >= 0.6 is 0 Å². The molecule has 134 valence electrons. The zero-order valence-corrected chi connectivity index (χ0v) is 15.6. The molecule has 1 aliphatic rings. The molecule has 2 rings (SSSR count). The zero-order valence-electron chi connectivity index (χ0n) is 13.9. The van der Waals surface area contributed by atoms with E-state index in [-0.39, 0.29) is 28.7 Å². The van der Waals surface area contributed by atoms with Crippen molar-refractivity contribution in [3.05, 3.63) is 36.4 Å². The predicted octanol–water partition coefficient (Wildman–Crippen LogP) is 1.76. The summed E-state index contributed by atoms with van der Waals surface area (Å²) in [5.41, 5.74) is 0.787. The van der Waals surface area contributed by atoms with Crippen molar-refractivity contribution in [1.82, 2.24) is 4.31 Å². The fourth-order valence-corrected chi connectivity index (χ4v) is 6.46. The molecule has 0 aromatic heterocycles. The summed E-state index contributed by atoms with van der Waals surface area (Å²) in [6, 6.07) is 4.39. The van der Waals surface area contributed by atoms with Crippen molar-refractivity contribution in [2.45, 2.75) is 31.2 Å². The number of benzene rings is 1. The molecule has 0 saturated carbocycles. The first kappa shape index (κ1) is 19.0. The molecule has 24 heavy (non-hydrogen) atoms. The van der Waals surface area contributed by atoms with Gasteiger partial charge in [-0.3, -0.25) is 0 Å². The van der Waals surface area contributed by atoms with E-state index in [0.717, 1.165) is 5.56 Å². The van der Waals surface area contributed by atoms with E-state index >= 15 is 0 Å². The van der Waals surface area contributed by atoms with Gasteiger partial charge in [0.2, 0.25) is 10.0 Å². The third kappa shape index (κ3) is 3.99. The lowest BCUT2D eigenvalue weighted by Gasteiger charge is -2.27. The molecule has 0 N–H and O–H groups in total. The second-order valence-electron chi connectivity index (χ2n) is 5.80. The minimum absolute atomic E-state index is 0.00691. The minimum atomic E-state index is -3.90. The molecule has 0 amide bonds. The Morgan fingerprint density at radius 3 is 2.67 bits per heavy atom. The van der Waals surface area contributed by atoms with Crippen LogP contribution in [-0.2, 0) is 19.9 Å². The van der Waals surface area contributed by atoms with Gasteiger partial charge in [-0.25, -0.2) is 16.8 Å². The van der Waals surface area contributed by atoms with Crippen LogP contribution < -0.4 is 4.74 Å². The van der Waals surface area contributed by atoms with Crippen LogP contribution in [0.3, 0.4) is 0 Å². The van der Waals surface area contributed by atoms with E-state index < -0.39 is 25.9 Å². The van der Waals surface area contributed by atoms with Crippen LogP contribution in [0.2, 0.25) is 0 Å². The van der Waals surface area contributed by atoms with Crippen LogP contribution in [0.5, 0.6) is 5.75 Å². The quantitative estimate of drug-likeness (QED) is 0.680. The molecular formula is C16H23NO5S2. The molecule has 1 aliphatic heterocycles. The van der Waals surface area contributed by atoms with Crippen molar-refractivity contribution >= 4 is 19.9 Å². The molecular weight excluding hydrogens is 350 g/mol. The summed E-state index contributed by atoms with van der Waals surface area (Å²) in [5.74, 6) is 0.126. The highest BCUT2D eigenvalue weighted by molar-refractivity contribution is 7.92. The van der Waals surface area contributed by atoms with Gasteiger partial charge in [-0.2, -0.15) is 4.31 Å². The van der Waals surface area contributed by atoms with Gasteiger partial charge in [0.25, 0.3) is 0 Å². The Labute approximate surface area is 144 Å². The fraction of sp³-hybridized carbons (Fsp3) is 0.500. The number of rotatable bonds is 7. The number of nitrogens with zero attached hydrogens (tertiary/aromatic N) is 1. The highest BCUT2D eigenvalue weighted by Gasteiger charge is 2.39. The van der Waals surface area contributed by atoms with Crippen LogP contribution in [0.15, 0.2) is 35.7 Å². The molecule has 1 atom stereocenters. The van der Waals surface area contributed by atoms with E-state index in [1.807, 2.05) is 0 Å². The third-order valence-electron chi connectivity index (χ3n) is 3.91. The summed E-state index contributed by atoms with van der Waals surface area (Å²) in [4.78, 5) is 0.0653. The largest absolute Gasteiger partial charge is 0.492 e. The van der Waals surface area contributed by atoms with Crippen LogP contribution in [-0.4, -0.2) is 51.8 Å². The van der Waals surface area contributed by atoms with Crippen molar-refractivity contribution < 1.29 is 21.6 Å². The molecule has 1 aromatic carbocycles. The Morgan fingerprint density at radius 1 is 1.42 bits per heavy atom. The van der Waals surface area contributed by atoms with Crippen molar-refractivity contribution in [2.24, 2.45) is 0 Å².